The number of ether oxygens (including phenoxy) is 2. The van der Waals surface area contributed by atoms with E-state index in [9.17, 15) is 18.4 Å². The van der Waals surface area contributed by atoms with Gasteiger partial charge in [0.1, 0.15) is 30.6 Å². The fourth-order valence-electron chi connectivity index (χ4n) is 7.46. The van der Waals surface area contributed by atoms with Crippen molar-refractivity contribution in [2.75, 3.05) is 32.8 Å². The zero-order chi connectivity index (χ0) is 37.1. The van der Waals surface area contributed by atoms with Crippen LogP contribution < -0.4 is 4.74 Å². The van der Waals surface area contributed by atoms with Gasteiger partial charge in [0.15, 0.2) is 0 Å². The molecule has 1 aromatic carbocycles. The van der Waals surface area contributed by atoms with Crippen LogP contribution in [0.3, 0.4) is 0 Å². The van der Waals surface area contributed by atoms with E-state index in [0.29, 0.717) is 25.3 Å². The fraction of sp³-hybridized carbons (Fsp3) is 0.579. The van der Waals surface area contributed by atoms with Gasteiger partial charge in [-0.3, -0.25) is 14.5 Å². The summed E-state index contributed by atoms with van der Waals surface area (Å²) in [5.74, 6) is 0.282. The van der Waals surface area contributed by atoms with Crippen LogP contribution in [-0.4, -0.2) is 87.1 Å². The number of hydrogen-bond acceptors (Lipinski definition) is 8. The number of halogens is 3. The summed E-state index contributed by atoms with van der Waals surface area (Å²) in [7, 11) is -1.18. The van der Waals surface area contributed by atoms with E-state index < -0.39 is 25.4 Å². The lowest BCUT2D eigenvalue weighted by Crippen LogP contribution is -2.58. The van der Waals surface area contributed by atoms with Gasteiger partial charge in [0.05, 0.1) is 35.5 Å². The molecular weight excluding hydrogens is 686 g/mol. The van der Waals surface area contributed by atoms with E-state index in [1.165, 1.54) is 6.07 Å². The molecule has 0 spiro atoms. The van der Waals surface area contributed by atoms with Crippen LogP contribution in [0.25, 0.3) is 22.3 Å². The van der Waals surface area contributed by atoms with Gasteiger partial charge in [-0.2, -0.15) is 23.5 Å². The quantitative estimate of drug-likeness (QED) is 0.0902. The lowest BCUT2D eigenvalue weighted by molar-refractivity contribution is -0.137. The molecule has 3 aromatic heterocycles. The average Bonchev–Trinajstić information content (AvgIpc) is 3.75. The van der Waals surface area contributed by atoms with Gasteiger partial charge in [-0.15, -0.1) is 0 Å². The highest BCUT2D eigenvalue weighted by Gasteiger charge is 2.49. The Morgan fingerprint density at radius 3 is 2.50 bits per heavy atom. The van der Waals surface area contributed by atoms with E-state index in [4.69, 9.17) is 14.6 Å². The molecule has 0 atom stereocenters. The molecule has 1 saturated heterocycles. The van der Waals surface area contributed by atoms with Gasteiger partial charge >= 0.3 is 6.18 Å². The predicted octanol–water partition coefficient (Wildman–Crippen LogP) is 7.78. The van der Waals surface area contributed by atoms with Gasteiger partial charge in [-0.05, 0) is 74.6 Å². The number of benzene rings is 1. The van der Waals surface area contributed by atoms with Gasteiger partial charge in [-0.25, -0.2) is 9.97 Å². The Morgan fingerprint density at radius 2 is 1.83 bits per heavy atom. The van der Waals surface area contributed by atoms with Crippen LogP contribution in [0, 0.1) is 11.3 Å². The Bertz CT molecular complexity index is 1840. The maximum Gasteiger partial charge on any atom is 0.416 e. The maximum absolute atomic E-state index is 13.8. The average molecular weight is 737 g/mol. The molecule has 2 fully saturated rings. The largest absolute Gasteiger partial charge is 0.490 e. The first kappa shape index (κ1) is 38.0. The summed E-state index contributed by atoms with van der Waals surface area (Å²) in [4.78, 5) is 13.7. The third kappa shape index (κ3) is 8.70. The number of likely N-dealkylation sites (tertiary alicyclic amines) is 1. The predicted molar refractivity (Wildman–Crippen MR) is 197 cm³/mol. The number of nitriles is 1. The summed E-state index contributed by atoms with van der Waals surface area (Å²) in [6.45, 7) is 15.7. The van der Waals surface area contributed by atoms with Crippen LogP contribution in [0.15, 0.2) is 49.2 Å². The molecule has 14 heteroatoms. The Morgan fingerprint density at radius 1 is 1.08 bits per heavy atom. The second-order valence-electron chi connectivity index (χ2n) is 15.6. The monoisotopic (exact) mass is 736 g/mol. The first-order valence-corrected chi connectivity index (χ1v) is 22.2. The molecule has 1 saturated carbocycles. The van der Waals surface area contributed by atoms with E-state index >= 15 is 0 Å². The maximum atomic E-state index is 13.8. The summed E-state index contributed by atoms with van der Waals surface area (Å²) in [5.41, 5.74) is 2.00. The molecule has 0 radical (unpaired) electrons. The number of rotatable bonds is 15. The summed E-state index contributed by atoms with van der Waals surface area (Å²) in [6.07, 6.45) is 6.16. The SMILES string of the molecule is CCN(CC)Cc1cc(OC2CCN(C3CC(CC#N)(n4cc(-c5ncnc6c5ccn6COCC[Si](C)(C)C)cn4)C3)CC2)cc(C(F)(F)F)c1. The van der Waals surface area contributed by atoms with Crippen molar-refractivity contribution in [1.82, 2.24) is 34.1 Å². The molecule has 10 nitrogen and oxygen atoms in total. The molecule has 4 aromatic rings. The van der Waals surface area contributed by atoms with Crippen molar-refractivity contribution in [2.45, 2.75) is 109 Å². The Kier molecular flexibility index (Phi) is 11.4. The number of hydrogen-bond donors (Lipinski definition) is 0. The van der Waals surface area contributed by atoms with Crippen molar-refractivity contribution < 1.29 is 22.6 Å². The second kappa shape index (κ2) is 15.7. The third-order valence-electron chi connectivity index (χ3n) is 10.7. The summed E-state index contributed by atoms with van der Waals surface area (Å²) in [6, 6.07) is 9.93. The normalized spacial score (nSPS) is 20.3. The van der Waals surface area contributed by atoms with Crippen LogP contribution in [0.1, 0.15) is 57.1 Å². The molecule has 4 heterocycles. The highest BCUT2D eigenvalue weighted by atomic mass is 28.3. The number of aromatic nitrogens is 5. The van der Waals surface area contributed by atoms with Crippen molar-refractivity contribution in [3.63, 3.8) is 0 Å². The fourth-order valence-corrected chi connectivity index (χ4v) is 8.22. The van der Waals surface area contributed by atoms with Gasteiger partial charge in [0.25, 0.3) is 0 Å². The smallest absolute Gasteiger partial charge is 0.416 e. The lowest BCUT2D eigenvalue weighted by atomic mass is 9.69. The minimum Gasteiger partial charge on any atom is -0.490 e. The molecule has 52 heavy (non-hydrogen) atoms. The first-order chi connectivity index (χ1) is 24.8. The van der Waals surface area contributed by atoms with Gasteiger partial charge < -0.3 is 14.0 Å². The Balaban J connectivity index is 1.07. The molecule has 1 aliphatic carbocycles. The van der Waals surface area contributed by atoms with Crippen LogP contribution >= 0.6 is 0 Å². The van der Waals surface area contributed by atoms with Crippen LogP contribution in [-0.2, 0) is 29.7 Å². The molecule has 0 amide bonds. The van der Waals surface area contributed by atoms with Crippen molar-refractivity contribution >= 4 is 19.1 Å². The van der Waals surface area contributed by atoms with E-state index in [1.54, 1.807) is 12.4 Å². The minimum atomic E-state index is -4.44. The first-order valence-electron chi connectivity index (χ1n) is 18.4. The zero-order valence-corrected chi connectivity index (χ0v) is 32.0. The number of piperidine rings is 1. The van der Waals surface area contributed by atoms with E-state index in [0.717, 1.165) is 92.9 Å². The third-order valence-corrected chi connectivity index (χ3v) is 12.4. The Labute approximate surface area is 305 Å². The molecule has 0 N–H and O–H groups in total. The molecule has 0 unspecified atom stereocenters. The van der Waals surface area contributed by atoms with E-state index in [2.05, 4.69) is 45.5 Å². The topological polar surface area (TPSA) is 97.3 Å². The molecular formula is C38H51F3N8O2Si. The Hall–Kier alpha value is -3.77. The van der Waals surface area contributed by atoms with E-state index in [-0.39, 0.29) is 17.9 Å². The highest BCUT2D eigenvalue weighted by molar-refractivity contribution is 6.76. The summed E-state index contributed by atoms with van der Waals surface area (Å²) < 4.78 is 57.4. The van der Waals surface area contributed by atoms with Crippen LogP contribution in [0.5, 0.6) is 5.75 Å². The number of nitrogens with zero attached hydrogens (tertiary/aromatic N) is 8. The van der Waals surface area contributed by atoms with Crippen molar-refractivity contribution in [2.24, 2.45) is 0 Å². The lowest BCUT2D eigenvalue weighted by Gasteiger charge is -2.52. The van der Waals surface area contributed by atoms with Crippen molar-refractivity contribution in [3.8, 4) is 23.1 Å². The standard InChI is InChI=1S/C38H51F3N8O2Si/c1-6-46(7-2)24-28-18-30(38(39,40)41)20-33(19-28)51-32-8-13-47(14-9-32)31-21-37(22-31,11-12-42)49-25-29(23-45-49)35-34-10-15-48(36(34)44-26-43-35)27-50-16-17-52(3,4)5/h10,15,18-20,23,25-26,31-32H,6-9,11,13-14,16-17,21-22,24,27H2,1-5H3. The molecule has 0 bridgehead atoms. The summed E-state index contributed by atoms with van der Waals surface area (Å²) >= 11 is 0. The minimum absolute atomic E-state index is 0.157. The number of fused-ring (bicyclic) bond motifs is 1. The second-order valence-corrected chi connectivity index (χ2v) is 21.2. The van der Waals surface area contributed by atoms with E-state index in [1.807, 2.05) is 47.8 Å². The summed E-state index contributed by atoms with van der Waals surface area (Å²) in [5, 5.41) is 15.5. The molecule has 2 aliphatic rings. The van der Waals surface area contributed by atoms with Gasteiger partial charge in [-0.1, -0.05) is 33.5 Å². The molecule has 280 valence electrons. The van der Waals surface area contributed by atoms with Crippen LogP contribution in [0.2, 0.25) is 25.7 Å². The zero-order valence-electron chi connectivity index (χ0n) is 31.0. The van der Waals surface area contributed by atoms with Gasteiger partial charge in [0, 0.05) is 63.7 Å². The number of alkyl halides is 3. The van der Waals surface area contributed by atoms with Crippen molar-refractivity contribution in [3.05, 3.63) is 60.3 Å². The van der Waals surface area contributed by atoms with Gasteiger partial charge in [0.2, 0.25) is 0 Å². The van der Waals surface area contributed by atoms with Crippen molar-refractivity contribution in [1.29, 1.82) is 5.26 Å². The molecule has 6 rings (SSSR count). The molecule has 1 aliphatic heterocycles. The highest BCUT2D eigenvalue weighted by Crippen LogP contribution is 2.46. The van der Waals surface area contributed by atoms with Crippen LogP contribution in [0.4, 0.5) is 13.2 Å².